The third-order valence-electron chi connectivity index (χ3n) is 5.41. The molecule has 0 bridgehead atoms. The fraction of sp³-hybridized carbons (Fsp3) is 0.318. The summed E-state index contributed by atoms with van der Waals surface area (Å²) in [5.74, 6) is 0.508. The molecule has 128 valence electrons. The van der Waals surface area contributed by atoms with Gasteiger partial charge in [0.05, 0.1) is 0 Å². The second-order valence-corrected chi connectivity index (χ2v) is 7.24. The van der Waals surface area contributed by atoms with Crippen LogP contribution in [0.1, 0.15) is 29.0 Å². The summed E-state index contributed by atoms with van der Waals surface area (Å²) in [6.07, 6.45) is 4.66. The van der Waals surface area contributed by atoms with Gasteiger partial charge in [-0.3, -0.25) is 4.79 Å². The summed E-state index contributed by atoms with van der Waals surface area (Å²) in [5, 5.41) is 0. The number of hydrogen-bond acceptors (Lipinski definition) is 2. The molecule has 2 heterocycles. The van der Waals surface area contributed by atoms with E-state index < -0.39 is 0 Å². The monoisotopic (exact) mass is 332 g/mol. The Balaban J connectivity index is 1.66. The number of aryl methyl sites for hydroxylation is 1. The maximum absolute atomic E-state index is 13.0. The zero-order chi connectivity index (χ0) is 17.4. The van der Waals surface area contributed by atoms with Crippen LogP contribution < -0.4 is 4.90 Å². The second-order valence-electron chi connectivity index (χ2n) is 7.24. The highest BCUT2D eigenvalue weighted by atomic mass is 16.2. The number of carbonyl (C=O) groups is 1. The van der Waals surface area contributed by atoms with Crippen LogP contribution >= 0.6 is 0 Å². The van der Waals surface area contributed by atoms with Gasteiger partial charge in [0.2, 0.25) is 0 Å². The SMILES string of the molecule is Cc1ccc2c(c1)[C@@H]1CN(C)CC[C@H]1N2C(=O)/C=C/c1ccccc1. The molecular weight excluding hydrogens is 308 g/mol. The molecule has 0 aliphatic carbocycles. The molecule has 25 heavy (non-hydrogen) atoms. The maximum Gasteiger partial charge on any atom is 0.251 e. The summed E-state index contributed by atoms with van der Waals surface area (Å²) in [6.45, 7) is 4.19. The molecule has 2 aromatic carbocycles. The lowest BCUT2D eigenvalue weighted by molar-refractivity contribution is -0.114. The first-order chi connectivity index (χ1) is 12.1. The number of likely N-dealkylation sites (tertiary alicyclic amines) is 1. The van der Waals surface area contributed by atoms with Crippen molar-refractivity contribution >= 4 is 17.7 Å². The highest BCUT2D eigenvalue weighted by Crippen LogP contribution is 2.45. The summed E-state index contributed by atoms with van der Waals surface area (Å²) < 4.78 is 0. The number of rotatable bonds is 2. The van der Waals surface area contributed by atoms with Crippen molar-refractivity contribution in [1.82, 2.24) is 4.90 Å². The Bertz CT molecular complexity index is 812. The van der Waals surface area contributed by atoms with Gasteiger partial charge >= 0.3 is 0 Å². The molecule has 3 heteroatoms. The lowest BCUT2D eigenvalue weighted by atomic mass is 9.89. The van der Waals surface area contributed by atoms with Crippen molar-refractivity contribution in [3.8, 4) is 0 Å². The number of nitrogens with zero attached hydrogens (tertiary/aromatic N) is 2. The van der Waals surface area contributed by atoms with Crippen LogP contribution in [0.25, 0.3) is 6.08 Å². The van der Waals surface area contributed by atoms with Gasteiger partial charge in [-0.2, -0.15) is 0 Å². The Kier molecular flexibility index (Phi) is 4.18. The molecule has 4 rings (SSSR count). The minimum atomic E-state index is 0.0889. The van der Waals surface area contributed by atoms with Crippen LogP contribution in [0.2, 0.25) is 0 Å². The minimum Gasteiger partial charge on any atom is -0.306 e. The number of piperidine rings is 1. The highest BCUT2D eigenvalue weighted by Gasteiger charge is 2.43. The lowest BCUT2D eigenvalue weighted by Crippen LogP contribution is -2.46. The molecule has 1 saturated heterocycles. The largest absolute Gasteiger partial charge is 0.306 e. The molecule has 0 N–H and O–H groups in total. The summed E-state index contributed by atoms with van der Waals surface area (Å²) in [7, 11) is 2.17. The normalized spacial score (nSPS) is 22.9. The molecule has 0 aromatic heterocycles. The average Bonchev–Trinajstić information content (AvgIpc) is 2.93. The van der Waals surface area contributed by atoms with E-state index in [4.69, 9.17) is 0 Å². The molecule has 0 spiro atoms. The first-order valence-electron chi connectivity index (χ1n) is 8.99. The number of benzene rings is 2. The van der Waals surface area contributed by atoms with E-state index >= 15 is 0 Å². The van der Waals surface area contributed by atoms with Crippen molar-refractivity contribution < 1.29 is 4.79 Å². The first kappa shape index (κ1) is 16.1. The van der Waals surface area contributed by atoms with Crippen molar-refractivity contribution in [2.24, 2.45) is 0 Å². The predicted octanol–water partition coefficient (Wildman–Crippen LogP) is 3.84. The van der Waals surface area contributed by atoms with Gasteiger partial charge < -0.3 is 9.80 Å². The smallest absolute Gasteiger partial charge is 0.251 e. The number of anilines is 1. The lowest BCUT2D eigenvalue weighted by Gasteiger charge is -2.36. The molecule has 2 atom stereocenters. The molecule has 1 fully saturated rings. The predicted molar refractivity (Wildman–Crippen MR) is 103 cm³/mol. The van der Waals surface area contributed by atoms with Crippen LogP contribution in [-0.4, -0.2) is 37.0 Å². The fourth-order valence-corrected chi connectivity index (χ4v) is 4.18. The van der Waals surface area contributed by atoms with E-state index in [-0.39, 0.29) is 11.9 Å². The second kappa shape index (κ2) is 6.49. The van der Waals surface area contributed by atoms with Crippen LogP contribution in [0, 0.1) is 6.92 Å². The van der Waals surface area contributed by atoms with Gasteiger partial charge in [-0.15, -0.1) is 0 Å². The van der Waals surface area contributed by atoms with Crippen molar-refractivity contribution in [3.05, 3.63) is 71.3 Å². The van der Waals surface area contributed by atoms with E-state index in [9.17, 15) is 4.79 Å². The Labute approximate surface area is 149 Å². The van der Waals surface area contributed by atoms with E-state index in [1.54, 1.807) is 6.08 Å². The summed E-state index contributed by atoms with van der Waals surface area (Å²) >= 11 is 0. The van der Waals surface area contributed by atoms with Gasteiger partial charge in [0.15, 0.2) is 0 Å². The number of carbonyl (C=O) groups excluding carboxylic acids is 1. The van der Waals surface area contributed by atoms with Gasteiger partial charge in [-0.05, 0) is 50.2 Å². The third-order valence-corrected chi connectivity index (χ3v) is 5.41. The Hall–Kier alpha value is -2.39. The maximum atomic E-state index is 13.0. The minimum absolute atomic E-state index is 0.0889. The molecule has 0 saturated carbocycles. The molecule has 2 aliphatic heterocycles. The molecule has 2 aliphatic rings. The zero-order valence-electron chi connectivity index (χ0n) is 14.9. The van der Waals surface area contributed by atoms with Crippen molar-refractivity contribution in [3.63, 3.8) is 0 Å². The molecule has 0 radical (unpaired) electrons. The summed E-state index contributed by atoms with van der Waals surface area (Å²) in [5.41, 5.74) is 4.75. The van der Waals surface area contributed by atoms with Crippen molar-refractivity contribution in [2.45, 2.75) is 25.3 Å². The third kappa shape index (κ3) is 3.00. The first-order valence-corrected chi connectivity index (χ1v) is 8.99. The quantitative estimate of drug-likeness (QED) is 0.780. The molecule has 1 amide bonds. The van der Waals surface area contributed by atoms with Gasteiger partial charge in [-0.1, -0.05) is 48.0 Å². The van der Waals surface area contributed by atoms with Crippen molar-refractivity contribution in [1.29, 1.82) is 0 Å². The van der Waals surface area contributed by atoms with E-state index in [1.165, 1.54) is 11.1 Å². The Morgan fingerprint density at radius 1 is 1.16 bits per heavy atom. The number of likely N-dealkylation sites (N-methyl/N-ethyl adjacent to an activating group) is 1. The van der Waals surface area contributed by atoms with Gasteiger partial charge in [0.1, 0.15) is 0 Å². The van der Waals surface area contributed by atoms with E-state index in [0.717, 1.165) is 30.8 Å². The number of amides is 1. The van der Waals surface area contributed by atoms with Crippen LogP contribution in [0.15, 0.2) is 54.6 Å². The highest BCUT2D eigenvalue weighted by molar-refractivity contribution is 6.06. The van der Waals surface area contributed by atoms with Crippen LogP contribution in [-0.2, 0) is 4.79 Å². The van der Waals surface area contributed by atoms with Gasteiger partial charge in [0.25, 0.3) is 5.91 Å². The van der Waals surface area contributed by atoms with E-state index in [0.29, 0.717) is 5.92 Å². The molecule has 2 aromatic rings. The van der Waals surface area contributed by atoms with Gasteiger partial charge in [0, 0.05) is 30.3 Å². The molecular formula is C22H24N2O. The molecule has 0 unspecified atom stereocenters. The van der Waals surface area contributed by atoms with Crippen LogP contribution in [0.3, 0.4) is 0 Å². The topological polar surface area (TPSA) is 23.6 Å². The number of hydrogen-bond donors (Lipinski definition) is 0. The van der Waals surface area contributed by atoms with E-state index in [1.807, 2.05) is 41.3 Å². The Morgan fingerprint density at radius 3 is 2.76 bits per heavy atom. The van der Waals surface area contributed by atoms with E-state index in [2.05, 4.69) is 37.1 Å². The average molecular weight is 332 g/mol. The van der Waals surface area contributed by atoms with Gasteiger partial charge in [-0.25, -0.2) is 0 Å². The number of fused-ring (bicyclic) bond motifs is 3. The molecule has 3 nitrogen and oxygen atoms in total. The van der Waals surface area contributed by atoms with Crippen LogP contribution in [0.4, 0.5) is 5.69 Å². The zero-order valence-corrected chi connectivity index (χ0v) is 14.9. The van der Waals surface area contributed by atoms with Crippen LogP contribution in [0.5, 0.6) is 0 Å². The summed E-state index contributed by atoms with van der Waals surface area (Å²) in [6, 6.07) is 16.8. The van der Waals surface area contributed by atoms with Crippen molar-refractivity contribution in [2.75, 3.05) is 25.0 Å². The standard InChI is InChI=1S/C22H24N2O/c1-16-8-10-20-18(14-16)19-15-23(2)13-12-21(19)24(20)22(25)11-9-17-6-4-3-5-7-17/h3-11,14,19,21H,12-13,15H2,1-2H3/b11-9+/t19-,21+/m0/s1. The fourth-order valence-electron chi connectivity index (χ4n) is 4.18. The Morgan fingerprint density at radius 2 is 1.96 bits per heavy atom. The summed E-state index contributed by atoms with van der Waals surface area (Å²) in [4.78, 5) is 17.4.